The molecular weight excluding hydrogens is 699 g/mol. The maximum Gasteiger partial charge on any atom is 0.329 e. The zero-order valence-electron chi connectivity index (χ0n) is 21.2. The molecule has 40 heavy (non-hydrogen) atoms. The number of hydrogen-bond donors (Lipinski definition) is 3. The molecule has 0 unspecified atom stereocenters. The van der Waals surface area contributed by atoms with Gasteiger partial charge < -0.3 is 29.6 Å². The van der Waals surface area contributed by atoms with E-state index in [-0.39, 0.29) is 25.9 Å². The Morgan fingerprint density at radius 3 is 2.58 bits per heavy atom. The van der Waals surface area contributed by atoms with Crippen LogP contribution in [0.2, 0.25) is 0 Å². The summed E-state index contributed by atoms with van der Waals surface area (Å²) in [7, 11) is 0. The van der Waals surface area contributed by atoms with Gasteiger partial charge in [-0.1, -0.05) is 22.0 Å². The van der Waals surface area contributed by atoms with Crippen molar-refractivity contribution >= 4 is 68.1 Å². The number of halogens is 2. The molecule has 3 aromatic carbocycles. The van der Waals surface area contributed by atoms with E-state index >= 15 is 0 Å². The highest BCUT2D eigenvalue weighted by molar-refractivity contribution is 14.1. The number of amides is 3. The lowest BCUT2D eigenvalue weighted by Gasteiger charge is -2.14. The van der Waals surface area contributed by atoms with E-state index in [2.05, 4.69) is 59.7 Å². The standard InChI is InChI=1S/C27H24BrIN4O7/c1-2-37-23-11-17(9-20(29)25(23)38-14-24(34)32-19-6-4-18(28)5-7-19)13-31-33-27(36)26(35)30-12-16-3-8-21-22(10-16)40-15-39-21/h3-11,13H,2,12,14-15H2,1H3,(H,30,35)(H,32,34)(H,33,36)/b31-13-. The molecule has 0 spiro atoms. The average molecular weight is 723 g/mol. The molecule has 0 fully saturated rings. The van der Waals surface area contributed by atoms with Crippen LogP contribution < -0.4 is 35.0 Å². The van der Waals surface area contributed by atoms with Crippen LogP contribution in [0.5, 0.6) is 23.0 Å². The quantitative estimate of drug-likeness (QED) is 0.125. The van der Waals surface area contributed by atoms with Crippen LogP contribution in [0, 0.1) is 3.57 Å². The van der Waals surface area contributed by atoms with Crippen LogP contribution in [0.3, 0.4) is 0 Å². The molecule has 0 aromatic heterocycles. The van der Waals surface area contributed by atoms with Crippen LogP contribution in [-0.4, -0.2) is 43.9 Å². The highest BCUT2D eigenvalue weighted by atomic mass is 127. The molecule has 4 rings (SSSR count). The molecule has 0 atom stereocenters. The second-order valence-electron chi connectivity index (χ2n) is 8.18. The Hall–Kier alpha value is -3.85. The molecular formula is C27H24BrIN4O7. The van der Waals surface area contributed by atoms with E-state index in [4.69, 9.17) is 18.9 Å². The van der Waals surface area contributed by atoms with Crippen molar-refractivity contribution in [1.29, 1.82) is 0 Å². The number of nitrogens with zero attached hydrogens (tertiary/aromatic N) is 1. The summed E-state index contributed by atoms with van der Waals surface area (Å²) in [6.07, 6.45) is 1.37. The molecule has 0 aliphatic carbocycles. The van der Waals surface area contributed by atoms with Crippen molar-refractivity contribution in [2.75, 3.05) is 25.3 Å². The maximum atomic E-state index is 12.4. The first-order chi connectivity index (χ1) is 19.3. The molecule has 0 saturated carbocycles. The van der Waals surface area contributed by atoms with Gasteiger partial charge in [-0.3, -0.25) is 14.4 Å². The summed E-state index contributed by atoms with van der Waals surface area (Å²) in [4.78, 5) is 36.7. The fourth-order valence-electron chi connectivity index (χ4n) is 3.46. The summed E-state index contributed by atoms with van der Waals surface area (Å²) in [5.74, 6) is -0.0744. The summed E-state index contributed by atoms with van der Waals surface area (Å²) < 4.78 is 23.6. The lowest BCUT2D eigenvalue weighted by molar-refractivity contribution is -0.139. The third kappa shape index (κ3) is 8.08. The van der Waals surface area contributed by atoms with Gasteiger partial charge >= 0.3 is 11.8 Å². The minimum absolute atomic E-state index is 0.130. The highest BCUT2D eigenvalue weighted by Crippen LogP contribution is 2.34. The normalized spacial score (nSPS) is 11.7. The van der Waals surface area contributed by atoms with Crippen molar-refractivity contribution in [1.82, 2.24) is 10.7 Å². The number of fused-ring (bicyclic) bond motifs is 1. The van der Waals surface area contributed by atoms with Gasteiger partial charge in [0.2, 0.25) is 6.79 Å². The lowest BCUT2D eigenvalue weighted by atomic mass is 10.2. The molecule has 3 aromatic rings. The van der Waals surface area contributed by atoms with Crippen LogP contribution in [0.25, 0.3) is 0 Å². The Labute approximate surface area is 251 Å². The molecule has 3 N–H and O–H groups in total. The SMILES string of the molecule is CCOc1cc(/C=N\NC(=O)C(=O)NCc2ccc3c(c2)OCO3)cc(I)c1OCC(=O)Nc1ccc(Br)cc1. The van der Waals surface area contributed by atoms with E-state index in [1.165, 1.54) is 6.21 Å². The third-order valence-electron chi connectivity index (χ3n) is 5.28. The number of hydrazone groups is 1. The second kappa shape index (κ2) is 14.0. The van der Waals surface area contributed by atoms with E-state index in [1.54, 1.807) is 42.5 Å². The molecule has 0 radical (unpaired) electrons. The van der Waals surface area contributed by atoms with Crippen molar-refractivity contribution in [2.45, 2.75) is 13.5 Å². The first-order valence-corrected chi connectivity index (χ1v) is 13.8. The molecule has 1 heterocycles. The van der Waals surface area contributed by atoms with Gasteiger partial charge in [-0.15, -0.1) is 0 Å². The van der Waals surface area contributed by atoms with Gasteiger partial charge in [0.15, 0.2) is 29.6 Å². The van der Waals surface area contributed by atoms with E-state index in [1.807, 2.05) is 19.1 Å². The fourth-order valence-corrected chi connectivity index (χ4v) is 4.51. The molecule has 1 aliphatic heterocycles. The van der Waals surface area contributed by atoms with Crippen molar-refractivity contribution in [2.24, 2.45) is 5.10 Å². The van der Waals surface area contributed by atoms with Crippen LogP contribution in [0.15, 0.2) is 64.2 Å². The smallest absolute Gasteiger partial charge is 0.329 e. The number of benzene rings is 3. The van der Waals surface area contributed by atoms with Gasteiger partial charge in [0, 0.05) is 16.7 Å². The van der Waals surface area contributed by atoms with Crippen LogP contribution in [-0.2, 0) is 20.9 Å². The van der Waals surface area contributed by atoms with Gasteiger partial charge in [0.05, 0.1) is 16.4 Å². The Morgan fingerprint density at radius 2 is 1.80 bits per heavy atom. The van der Waals surface area contributed by atoms with E-state index in [0.717, 1.165) is 10.0 Å². The summed E-state index contributed by atoms with van der Waals surface area (Å²) in [5.41, 5.74) is 4.18. The van der Waals surface area contributed by atoms with Crippen LogP contribution in [0.1, 0.15) is 18.1 Å². The van der Waals surface area contributed by atoms with Crippen LogP contribution in [0.4, 0.5) is 5.69 Å². The molecule has 3 amide bonds. The second-order valence-corrected chi connectivity index (χ2v) is 10.3. The number of carbonyl (C=O) groups excluding carboxylic acids is 3. The number of ether oxygens (including phenoxy) is 4. The first-order valence-electron chi connectivity index (χ1n) is 12.0. The van der Waals surface area contributed by atoms with Crippen molar-refractivity contribution < 1.29 is 33.3 Å². The van der Waals surface area contributed by atoms with Gasteiger partial charge in [-0.25, -0.2) is 5.43 Å². The maximum absolute atomic E-state index is 12.4. The van der Waals surface area contributed by atoms with Crippen molar-refractivity contribution in [3.8, 4) is 23.0 Å². The lowest BCUT2D eigenvalue weighted by Crippen LogP contribution is -2.37. The number of hydrogen-bond acceptors (Lipinski definition) is 8. The highest BCUT2D eigenvalue weighted by Gasteiger charge is 2.17. The molecule has 0 bridgehead atoms. The van der Waals surface area contributed by atoms with Crippen molar-refractivity contribution in [3.63, 3.8) is 0 Å². The number of nitrogens with one attached hydrogen (secondary N) is 3. The molecule has 13 heteroatoms. The monoisotopic (exact) mass is 722 g/mol. The number of rotatable bonds is 10. The van der Waals surface area contributed by atoms with Gasteiger partial charge in [-0.05, 0) is 89.2 Å². The molecule has 11 nitrogen and oxygen atoms in total. The Balaban J connectivity index is 1.30. The average Bonchev–Trinajstić information content (AvgIpc) is 3.40. The molecule has 0 saturated heterocycles. The van der Waals surface area contributed by atoms with Crippen molar-refractivity contribution in [3.05, 3.63) is 73.8 Å². The van der Waals surface area contributed by atoms with E-state index in [0.29, 0.717) is 44.4 Å². The predicted octanol–water partition coefficient (Wildman–Crippen LogP) is 3.97. The summed E-state index contributed by atoms with van der Waals surface area (Å²) in [5, 5.41) is 9.17. The molecule has 208 valence electrons. The summed E-state index contributed by atoms with van der Waals surface area (Å²) in [6.45, 7) is 2.23. The predicted molar refractivity (Wildman–Crippen MR) is 159 cm³/mol. The Bertz CT molecular complexity index is 1430. The minimum atomic E-state index is -0.923. The minimum Gasteiger partial charge on any atom is -0.490 e. The largest absolute Gasteiger partial charge is 0.490 e. The summed E-state index contributed by atoms with van der Waals surface area (Å²) in [6, 6.07) is 15.8. The molecule has 1 aliphatic rings. The Morgan fingerprint density at radius 1 is 1.02 bits per heavy atom. The topological polar surface area (TPSA) is 137 Å². The van der Waals surface area contributed by atoms with Gasteiger partial charge in [-0.2, -0.15) is 5.10 Å². The summed E-state index contributed by atoms with van der Waals surface area (Å²) >= 11 is 5.41. The zero-order valence-corrected chi connectivity index (χ0v) is 24.9. The van der Waals surface area contributed by atoms with E-state index < -0.39 is 11.8 Å². The van der Waals surface area contributed by atoms with E-state index in [9.17, 15) is 14.4 Å². The van der Waals surface area contributed by atoms with Crippen LogP contribution >= 0.6 is 38.5 Å². The van der Waals surface area contributed by atoms with Gasteiger partial charge in [0.25, 0.3) is 5.91 Å². The zero-order chi connectivity index (χ0) is 28.5. The number of carbonyl (C=O) groups is 3. The fraction of sp³-hybridized carbons (Fsp3) is 0.185. The Kier molecular flexibility index (Phi) is 10.2. The van der Waals surface area contributed by atoms with Gasteiger partial charge in [0.1, 0.15) is 0 Å². The third-order valence-corrected chi connectivity index (χ3v) is 6.61. The number of anilines is 1. The first kappa shape index (κ1) is 29.1.